The number of benzene rings is 2. The van der Waals surface area contributed by atoms with Gasteiger partial charge in [0.15, 0.2) is 6.61 Å². The number of carbonyl (C=O) groups is 3. The number of hydrogen-bond donors (Lipinski definition) is 0. The van der Waals surface area contributed by atoms with Crippen LogP contribution in [0.3, 0.4) is 0 Å². The molecule has 6 nitrogen and oxygen atoms in total. The van der Waals surface area contributed by atoms with Crippen molar-refractivity contribution in [2.75, 3.05) is 19.8 Å². The summed E-state index contributed by atoms with van der Waals surface area (Å²) >= 11 is 5.92. The van der Waals surface area contributed by atoms with Crippen LogP contribution >= 0.6 is 11.6 Å². The maximum absolute atomic E-state index is 12.2. The second-order valence-corrected chi connectivity index (χ2v) is 6.13. The molecule has 0 radical (unpaired) electrons. The summed E-state index contributed by atoms with van der Waals surface area (Å²) in [6.45, 7) is 1.46. The van der Waals surface area contributed by atoms with E-state index in [1.54, 1.807) is 42.5 Å². The van der Waals surface area contributed by atoms with Gasteiger partial charge in [0.25, 0.3) is 11.8 Å². The van der Waals surface area contributed by atoms with Crippen molar-refractivity contribution >= 4 is 29.4 Å². The highest BCUT2D eigenvalue weighted by Gasteiger charge is 2.34. The van der Waals surface area contributed by atoms with Crippen LogP contribution < -0.4 is 4.74 Å². The van der Waals surface area contributed by atoms with Crippen LogP contribution in [0, 0.1) is 6.92 Å². The van der Waals surface area contributed by atoms with Crippen LogP contribution in [0.4, 0.5) is 0 Å². The van der Waals surface area contributed by atoms with E-state index < -0.39 is 5.97 Å². The van der Waals surface area contributed by atoms with Gasteiger partial charge in [0.05, 0.1) is 17.7 Å². The van der Waals surface area contributed by atoms with Gasteiger partial charge in [-0.15, -0.1) is 0 Å². The highest BCUT2D eigenvalue weighted by Crippen LogP contribution is 2.22. The Labute approximate surface area is 155 Å². The Bertz CT molecular complexity index is 845. The van der Waals surface area contributed by atoms with Crippen molar-refractivity contribution in [1.82, 2.24) is 4.90 Å². The number of halogens is 1. The predicted octanol–water partition coefficient (Wildman–Crippen LogP) is 2.87. The Morgan fingerprint density at radius 3 is 2.35 bits per heavy atom. The number of hydrogen-bond acceptors (Lipinski definition) is 5. The maximum atomic E-state index is 12.2. The minimum Gasteiger partial charge on any atom is -0.482 e. The standard InChI is InChI=1S/C19H16ClNO5/c1-12-10-13(6-7-16(12)20)26-11-17(22)25-9-8-21-18(23)14-4-2-3-5-15(14)19(21)24/h2-7,10H,8-9,11H2,1H3. The van der Waals surface area contributed by atoms with Gasteiger partial charge in [0.2, 0.25) is 0 Å². The quantitative estimate of drug-likeness (QED) is 0.575. The Morgan fingerprint density at radius 2 is 1.73 bits per heavy atom. The van der Waals surface area contributed by atoms with Crippen LogP contribution in [0.15, 0.2) is 42.5 Å². The van der Waals surface area contributed by atoms with Crippen LogP contribution in [0.5, 0.6) is 5.75 Å². The summed E-state index contributed by atoms with van der Waals surface area (Å²) in [6, 6.07) is 11.6. The summed E-state index contributed by atoms with van der Waals surface area (Å²) in [5.74, 6) is -0.845. The lowest BCUT2D eigenvalue weighted by molar-refractivity contribution is -0.146. The number of ether oxygens (including phenoxy) is 2. The molecule has 1 aliphatic rings. The molecular weight excluding hydrogens is 358 g/mol. The van der Waals surface area contributed by atoms with E-state index >= 15 is 0 Å². The summed E-state index contributed by atoms with van der Waals surface area (Å²) in [6.07, 6.45) is 0. The lowest BCUT2D eigenvalue weighted by Gasteiger charge is -2.14. The minimum absolute atomic E-state index is 0.00185. The summed E-state index contributed by atoms with van der Waals surface area (Å²) in [4.78, 5) is 37.2. The smallest absolute Gasteiger partial charge is 0.344 e. The number of aryl methyl sites for hydroxylation is 1. The SMILES string of the molecule is Cc1cc(OCC(=O)OCCN2C(=O)c3ccccc3C2=O)ccc1Cl. The molecule has 0 unspecified atom stereocenters. The normalized spacial score (nSPS) is 12.9. The van der Waals surface area contributed by atoms with Crippen LogP contribution in [0.1, 0.15) is 26.3 Å². The van der Waals surface area contributed by atoms with E-state index in [0.29, 0.717) is 21.9 Å². The zero-order valence-electron chi connectivity index (χ0n) is 14.0. The first-order valence-corrected chi connectivity index (χ1v) is 8.35. The van der Waals surface area contributed by atoms with Crippen molar-refractivity contribution in [2.45, 2.75) is 6.92 Å². The second-order valence-electron chi connectivity index (χ2n) is 5.73. The molecule has 0 saturated carbocycles. The number of fused-ring (bicyclic) bond motifs is 1. The van der Waals surface area contributed by atoms with E-state index in [2.05, 4.69) is 0 Å². The molecule has 0 aliphatic carbocycles. The van der Waals surface area contributed by atoms with E-state index in [4.69, 9.17) is 21.1 Å². The first kappa shape index (κ1) is 17.9. The topological polar surface area (TPSA) is 72.9 Å². The summed E-state index contributed by atoms with van der Waals surface area (Å²) in [5.41, 5.74) is 1.57. The van der Waals surface area contributed by atoms with Gasteiger partial charge in [-0.1, -0.05) is 23.7 Å². The van der Waals surface area contributed by atoms with Crippen molar-refractivity contribution in [3.63, 3.8) is 0 Å². The van der Waals surface area contributed by atoms with E-state index in [9.17, 15) is 14.4 Å². The molecule has 26 heavy (non-hydrogen) atoms. The summed E-state index contributed by atoms with van der Waals surface area (Å²) in [5, 5.41) is 0.612. The number of carbonyl (C=O) groups excluding carboxylic acids is 3. The Balaban J connectivity index is 1.46. The molecule has 2 aromatic rings. The van der Waals surface area contributed by atoms with Crippen molar-refractivity contribution in [3.8, 4) is 5.75 Å². The largest absolute Gasteiger partial charge is 0.482 e. The van der Waals surface area contributed by atoms with Gasteiger partial charge in [0, 0.05) is 5.02 Å². The molecule has 3 rings (SSSR count). The fraction of sp³-hybridized carbons (Fsp3) is 0.211. The highest BCUT2D eigenvalue weighted by atomic mass is 35.5. The number of amides is 2. The Morgan fingerprint density at radius 1 is 1.08 bits per heavy atom. The van der Waals surface area contributed by atoms with E-state index in [-0.39, 0.29) is 31.6 Å². The molecule has 0 spiro atoms. The van der Waals surface area contributed by atoms with E-state index in [1.165, 1.54) is 0 Å². The van der Waals surface area contributed by atoms with Crippen molar-refractivity contribution < 1.29 is 23.9 Å². The van der Waals surface area contributed by atoms with Gasteiger partial charge in [-0.05, 0) is 42.8 Å². The highest BCUT2D eigenvalue weighted by molar-refractivity contribution is 6.31. The van der Waals surface area contributed by atoms with Gasteiger partial charge in [0.1, 0.15) is 12.4 Å². The number of nitrogens with zero attached hydrogens (tertiary/aromatic N) is 1. The third kappa shape index (κ3) is 3.70. The third-order valence-corrected chi connectivity index (χ3v) is 4.37. The lowest BCUT2D eigenvalue weighted by atomic mass is 10.1. The molecule has 1 heterocycles. The molecular formula is C19H16ClNO5. The van der Waals surface area contributed by atoms with Gasteiger partial charge >= 0.3 is 5.97 Å². The van der Waals surface area contributed by atoms with Gasteiger partial charge in [-0.2, -0.15) is 0 Å². The van der Waals surface area contributed by atoms with Crippen molar-refractivity contribution in [1.29, 1.82) is 0 Å². The first-order valence-electron chi connectivity index (χ1n) is 7.97. The molecule has 1 aliphatic heterocycles. The van der Waals surface area contributed by atoms with Crippen LogP contribution in [0.2, 0.25) is 5.02 Å². The predicted molar refractivity (Wildman–Crippen MR) is 94.5 cm³/mol. The molecule has 0 N–H and O–H groups in total. The fourth-order valence-electron chi connectivity index (χ4n) is 2.58. The van der Waals surface area contributed by atoms with Crippen LogP contribution in [0.25, 0.3) is 0 Å². The summed E-state index contributed by atoms with van der Waals surface area (Å²) < 4.78 is 10.4. The first-order chi connectivity index (χ1) is 12.5. The Hall–Kier alpha value is -2.86. The number of rotatable bonds is 6. The molecule has 0 atom stereocenters. The monoisotopic (exact) mass is 373 g/mol. The zero-order chi connectivity index (χ0) is 18.7. The van der Waals surface area contributed by atoms with Gasteiger partial charge in [-0.3, -0.25) is 14.5 Å². The molecule has 0 saturated heterocycles. The second kappa shape index (κ2) is 7.58. The number of imide groups is 1. The molecule has 0 fully saturated rings. The van der Waals surface area contributed by atoms with Crippen LogP contribution in [-0.4, -0.2) is 42.4 Å². The van der Waals surface area contributed by atoms with Gasteiger partial charge < -0.3 is 9.47 Å². The zero-order valence-corrected chi connectivity index (χ0v) is 14.8. The molecule has 0 bridgehead atoms. The molecule has 0 aromatic heterocycles. The van der Waals surface area contributed by atoms with Crippen molar-refractivity contribution in [2.24, 2.45) is 0 Å². The molecule has 2 aromatic carbocycles. The third-order valence-electron chi connectivity index (χ3n) is 3.94. The van der Waals surface area contributed by atoms with Crippen LogP contribution in [-0.2, 0) is 9.53 Å². The number of esters is 1. The lowest BCUT2D eigenvalue weighted by Crippen LogP contribution is -2.33. The maximum Gasteiger partial charge on any atom is 0.344 e. The summed E-state index contributed by atoms with van der Waals surface area (Å²) in [7, 11) is 0. The van der Waals surface area contributed by atoms with Gasteiger partial charge in [-0.25, -0.2) is 4.79 Å². The Kier molecular flexibility index (Phi) is 5.23. The van der Waals surface area contributed by atoms with E-state index in [0.717, 1.165) is 10.5 Å². The fourth-order valence-corrected chi connectivity index (χ4v) is 2.70. The molecule has 134 valence electrons. The van der Waals surface area contributed by atoms with E-state index in [1.807, 2.05) is 6.92 Å². The van der Waals surface area contributed by atoms with Crippen molar-refractivity contribution in [3.05, 3.63) is 64.2 Å². The molecule has 7 heteroatoms. The average Bonchev–Trinajstić information content (AvgIpc) is 2.88. The minimum atomic E-state index is -0.589. The average molecular weight is 374 g/mol. The molecule has 2 amide bonds.